The number of ether oxygens (including phenoxy) is 1. The summed E-state index contributed by atoms with van der Waals surface area (Å²) < 4.78 is 20.2. The van der Waals surface area contributed by atoms with Gasteiger partial charge in [0.15, 0.2) is 5.11 Å². The molecular weight excluding hydrogens is 399 g/mol. The molecule has 0 radical (unpaired) electrons. The van der Waals surface area contributed by atoms with Crippen LogP contribution in [-0.2, 0) is 17.7 Å². The molecule has 3 rings (SSSR count). The summed E-state index contributed by atoms with van der Waals surface area (Å²) in [6.45, 7) is 2.32. The molecule has 0 aliphatic rings. The van der Waals surface area contributed by atoms with Crippen molar-refractivity contribution in [3.8, 4) is 0 Å². The van der Waals surface area contributed by atoms with E-state index in [0.717, 1.165) is 11.3 Å². The van der Waals surface area contributed by atoms with Gasteiger partial charge in [-0.05, 0) is 30.8 Å². The second kappa shape index (κ2) is 8.94. The Bertz CT molecular complexity index is 999. The van der Waals surface area contributed by atoms with Crippen molar-refractivity contribution < 1.29 is 13.9 Å². The summed E-state index contributed by atoms with van der Waals surface area (Å²) in [5, 5.41) is 11.2. The lowest BCUT2D eigenvalue weighted by atomic mass is 10.2. The quantitative estimate of drug-likeness (QED) is 0.460. The summed E-state index contributed by atoms with van der Waals surface area (Å²) in [4.78, 5) is 13.0. The van der Waals surface area contributed by atoms with Crippen LogP contribution in [0.25, 0.3) is 0 Å². The number of hydrogen-bond acceptors (Lipinski definition) is 5. The zero-order valence-electron chi connectivity index (χ0n) is 15.4. The third-order valence-electron chi connectivity index (χ3n) is 3.95. The maximum Gasteiger partial charge on any atom is 0.340 e. The molecule has 9 heteroatoms. The Labute approximate surface area is 171 Å². The molecular formula is C19H19FN4O2S2. The molecule has 6 nitrogen and oxygen atoms in total. The Kier molecular flexibility index (Phi) is 6.37. The van der Waals surface area contributed by atoms with E-state index in [9.17, 15) is 9.18 Å². The van der Waals surface area contributed by atoms with Gasteiger partial charge in [0.25, 0.3) is 0 Å². The van der Waals surface area contributed by atoms with E-state index < -0.39 is 5.97 Å². The van der Waals surface area contributed by atoms with Gasteiger partial charge in [-0.2, -0.15) is 5.10 Å². The van der Waals surface area contributed by atoms with E-state index in [-0.39, 0.29) is 5.82 Å². The fourth-order valence-electron chi connectivity index (χ4n) is 2.55. The molecule has 0 saturated heterocycles. The fraction of sp³-hybridized carbons (Fsp3) is 0.211. The first kappa shape index (κ1) is 20.0. The monoisotopic (exact) mass is 418 g/mol. The average molecular weight is 419 g/mol. The van der Waals surface area contributed by atoms with Gasteiger partial charge in [-0.3, -0.25) is 4.68 Å². The van der Waals surface area contributed by atoms with Crippen LogP contribution < -0.4 is 10.6 Å². The minimum atomic E-state index is -0.418. The number of benzene rings is 1. The summed E-state index contributed by atoms with van der Waals surface area (Å²) in [7, 11) is 1.34. The molecule has 2 N–H and O–H groups in total. The molecule has 0 atom stereocenters. The zero-order chi connectivity index (χ0) is 20.1. The zero-order valence-corrected chi connectivity index (χ0v) is 17.0. The van der Waals surface area contributed by atoms with Crippen LogP contribution in [0.15, 0.2) is 42.7 Å². The van der Waals surface area contributed by atoms with Crippen molar-refractivity contribution in [3.05, 3.63) is 64.5 Å². The number of nitrogens with one attached hydrogen (secondary N) is 2. The summed E-state index contributed by atoms with van der Waals surface area (Å²) >= 11 is 6.79. The van der Waals surface area contributed by atoms with Crippen molar-refractivity contribution in [3.63, 3.8) is 0 Å². The fourth-order valence-corrected chi connectivity index (χ4v) is 3.83. The predicted molar refractivity (Wildman–Crippen MR) is 113 cm³/mol. The highest BCUT2D eigenvalue weighted by molar-refractivity contribution is 7.80. The molecule has 0 bridgehead atoms. The number of thiophene rings is 1. The van der Waals surface area contributed by atoms with Gasteiger partial charge in [-0.15, -0.1) is 11.3 Å². The van der Waals surface area contributed by atoms with Gasteiger partial charge in [0.1, 0.15) is 10.8 Å². The van der Waals surface area contributed by atoms with E-state index >= 15 is 0 Å². The van der Waals surface area contributed by atoms with Gasteiger partial charge in [0.2, 0.25) is 0 Å². The van der Waals surface area contributed by atoms with Crippen LogP contribution in [0.1, 0.15) is 27.7 Å². The number of thiocarbonyl (C=S) groups is 1. The Morgan fingerprint density at radius 2 is 2.14 bits per heavy atom. The highest BCUT2D eigenvalue weighted by Crippen LogP contribution is 2.29. The van der Waals surface area contributed by atoms with Crippen LogP contribution in [0.4, 0.5) is 15.1 Å². The average Bonchev–Trinajstić information content (AvgIpc) is 3.29. The van der Waals surface area contributed by atoms with Crippen molar-refractivity contribution in [1.29, 1.82) is 0 Å². The van der Waals surface area contributed by atoms with Crippen molar-refractivity contribution in [2.75, 3.05) is 17.7 Å². The molecule has 28 heavy (non-hydrogen) atoms. The van der Waals surface area contributed by atoms with Crippen LogP contribution in [-0.4, -0.2) is 28.0 Å². The number of nitrogens with zero attached hydrogens (tertiary/aromatic N) is 2. The summed E-state index contributed by atoms with van der Waals surface area (Å²) in [6.07, 6.45) is 4.13. The lowest BCUT2D eigenvalue weighted by molar-refractivity contribution is 0.0602. The van der Waals surface area contributed by atoms with Gasteiger partial charge < -0.3 is 15.4 Å². The third-order valence-corrected chi connectivity index (χ3v) is 5.34. The predicted octanol–water partition coefficient (Wildman–Crippen LogP) is 4.29. The van der Waals surface area contributed by atoms with Crippen molar-refractivity contribution in [1.82, 2.24) is 9.78 Å². The summed E-state index contributed by atoms with van der Waals surface area (Å²) in [5.41, 5.74) is 1.65. The minimum absolute atomic E-state index is 0.274. The van der Waals surface area contributed by atoms with Crippen molar-refractivity contribution in [2.24, 2.45) is 0 Å². The smallest absolute Gasteiger partial charge is 0.340 e. The molecule has 0 fully saturated rings. The number of esters is 1. The minimum Gasteiger partial charge on any atom is -0.465 e. The highest BCUT2D eigenvalue weighted by atomic mass is 32.1. The van der Waals surface area contributed by atoms with Crippen molar-refractivity contribution in [2.45, 2.75) is 19.9 Å². The number of anilines is 2. The SMILES string of the molecule is CCc1cc(C(=O)OC)c(NC(=S)Nc2cnn(Cc3ccccc3F)c2)s1. The van der Waals surface area contributed by atoms with E-state index in [2.05, 4.69) is 15.7 Å². The Morgan fingerprint density at radius 3 is 2.86 bits per heavy atom. The van der Waals surface area contributed by atoms with E-state index in [1.165, 1.54) is 24.5 Å². The number of hydrogen-bond donors (Lipinski definition) is 2. The van der Waals surface area contributed by atoms with Crippen LogP contribution in [0, 0.1) is 5.82 Å². The van der Waals surface area contributed by atoms with Gasteiger partial charge in [-0.25, -0.2) is 9.18 Å². The molecule has 146 valence electrons. The first-order valence-electron chi connectivity index (χ1n) is 8.55. The van der Waals surface area contributed by atoms with Crippen LogP contribution in [0.3, 0.4) is 0 Å². The number of carbonyl (C=O) groups excluding carboxylic acids is 1. The summed E-state index contributed by atoms with van der Waals surface area (Å²) in [6, 6.07) is 8.36. The molecule has 0 unspecified atom stereocenters. The molecule has 0 aliphatic carbocycles. The summed E-state index contributed by atoms with van der Waals surface area (Å²) in [5.74, 6) is -0.691. The third kappa shape index (κ3) is 4.73. The Hall–Kier alpha value is -2.78. The number of methoxy groups -OCH3 is 1. The molecule has 0 spiro atoms. The number of halogens is 1. The second-order valence-electron chi connectivity index (χ2n) is 5.90. The van der Waals surface area contributed by atoms with Gasteiger partial charge >= 0.3 is 5.97 Å². The number of carbonyl (C=O) groups is 1. The molecule has 0 saturated carbocycles. The van der Waals surface area contributed by atoms with Gasteiger partial charge in [0, 0.05) is 16.6 Å². The molecule has 3 aromatic rings. The number of aryl methyl sites for hydroxylation is 1. The molecule has 2 heterocycles. The van der Waals surface area contributed by atoms with Crippen LogP contribution >= 0.6 is 23.6 Å². The van der Waals surface area contributed by atoms with Gasteiger partial charge in [-0.1, -0.05) is 25.1 Å². The standard InChI is InChI=1S/C19H19FN4O2S2/c1-3-14-8-15(18(25)26-2)17(28-14)23-19(27)22-13-9-21-24(11-13)10-12-6-4-5-7-16(12)20/h4-9,11H,3,10H2,1-2H3,(H2,22,23,27). The highest BCUT2D eigenvalue weighted by Gasteiger charge is 2.17. The second-order valence-corrected chi connectivity index (χ2v) is 7.44. The van der Waals surface area contributed by atoms with Crippen LogP contribution in [0.5, 0.6) is 0 Å². The number of rotatable bonds is 6. The maximum absolute atomic E-state index is 13.8. The topological polar surface area (TPSA) is 68.2 Å². The number of aromatic nitrogens is 2. The van der Waals surface area contributed by atoms with E-state index in [1.54, 1.807) is 41.3 Å². The van der Waals surface area contributed by atoms with E-state index in [4.69, 9.17) is 17.0 Å². The van der Waals surface area contributed by atoms with Crippen molar-refractivity contribution >= 4 is 45.3 Å². The largest absolute Gasteiger partial charge is 0.465 e. The first-order valence-corrected chi connectivity index (χ1v) is 9.77. The van der Waals surface area contributed by atoms with Gasteiger partial charge in [0.05, 0.1) is 31.1 Å². The lowest BCUT2D eigenvalue weighted by Gasteiger charge is -2.08. The van der Waals surface area contributed by atoms with E-state index in [1.807, 2.05) is 6.92 Å². The molecule has 0 aliphatic heterocycles. The molecule has 0 amide bonds. The Morgan fingerprint density at radius 1 is 1.36 bits per heavy atom. The van der Waals surface area contributed by atoms with E-state index in [0.29, 0.717) is 33.5 Å². The normalized spacial score (nSPS) is 10.5. The lowest BCUT2D eigenvalue weighted by Crippen LogP contribution is -2.19. The molecule has 2 aromatic heterocycles. The molecule has 1 aromatic carbocycles. The van der Waals surface area contributed by atoms with Crippen LogP contribution in [0.2, 0.25) is 0 Å². The first-order chi connectivity index (χ1) is 13.5. The maximum atomic E-state index is 13.8. The Balaban J connectivity index is 1.66.